The van der Waals surface area contributed by atoms with Crippen LogP contribution in [0.3, 0.4) is 0 Å². The first-order chi connectivity index (χ1) is 10.6. The second-order valence-electron chi connectivity index (χ2n) is 5.51. The highest BCUT2D eigenvalue weighted by atomic mass is 32.1. The molecule has 1 fully saturated rings. The molecular formula is C16H16N4OS. The lowest BCUT2D eigenvalue weighted by atomic mass is 9.76. The summed E-state index contributed by atoms with van der Waals surface area (Å²) in [5, 5.41) is 10.1. The molecule has 112 valence electrons. The van der Waals surface area contributed by atoms with Crippen LogP contribution in [0.1, 0.15) is 34.6 Å². The van der Waals surface area contributed by atoms with Crippen LogP contribution < -0.4 is 0 Å². The van der Waals surface area contributed by atoms with Gasteiger partial charge in [-0.05, 0) is 38.3 Å². The number of carbonyl (C=O) groups is 1. The van der Waals surface area contributed by atoms with Gasteiger partial charge >= 0.3 is 0 Å². The Bertz CT molecular complexity index is 743. The summed E-state index contributed by atoms with van der Waals surface area (Å²) in [6, 6.07) is 7.91. The van der Waals surface area contributed by atoms with E-state index in [0.29, 0.717) is 10.6 Å². The first-order valence-corrected chi connectivity index (χ1v) is 7.97. The van der Waals surface area contributed by atoms with Gasteiger partial charge in [-0.15, -0.1) is 11.3 Å². The third-order valence-corrected chi connectivity index (χ3v) is 5.38. The van der Waals surface area contributed by atoms with E-state index < -0.39 is 5.54 Å². The minimum absolute atomic E-state index is 0.126. The van der Waals surface area contributed by atoms with Crippen molar-refractivity contribution in [1.29, 1.82) is 5.26 Å². The van der Waals surface area contributed by atoms with E-state index in [4.69, 9.17) is 0 Å². The molecule has 0 aliphatic heterocycles. The third-order valence-electron chi connectivity index (χ3n) is 4.21. The first kappa shape index (κ1) is 14.7. The fourth-order valence-corrected chi connectivity index (χ4v) is 3.59. The molecule has 1 amide bonds. The lowest BCUT2D eigenvalue weighted by molar-refractivity contribution is 0.0501. The van der Waals surface area contributed by atoms with E-state index >= 15 is 0 Å². The van der Waals surface area contributed by atoms with E-state index in [1.54, 1.807) is 18.1 Å². The second kappa shape index (κ2) is 5.50. The molecule has 2 heterocycles. The Labute approximate surface area is 133 Å². The van der Waals surface area contributed by atoms with Crippen LogP contribution in [-0.4, -0.2) is 33.4 Å². The van der Waals surface area contributed by atoms with Crippen molar-refractivity contribution in [3.05, 3.63) is 35.0 Å². The van der Waals surface area contributed by atoms with Crippen LogP contribution in [0.25, 0.3) is 10.7 Å². The predicted octanol–water partition coefficient (Wildman–Crippen LogP) is 3.03. The minimum Gasteiger partial charge on any atom is -0.322 e. The second-order valence-corrected chi connectivity index (χ2v) is 6.51. The number of amides is 1. The number of aromatic nitrogens is 2. The van der Waals surface area contributed by atoms with Crippen molar-refractivity contribution in [2.75, 3.05) is 7.05 Å². The maximum Gasteiger partial charge on any atom is 0.266 e. The first-order valence-electron chi connectivity index (χ1n) is 7.16. The van der Waals surface area contributed by atoms with Gasteiger partial charge in [0.2, 0.25) is 0 Å². The zero-order valence-corrected chi connectivity index (χ0v) is 13.4. The molecule has 3 rings (SSSR count). The molecule has 2 aromatic heterocycles. The van der Waals surface area contributed by atoms with Crippen LogP contribution in [0.4, 0.5) is 0 Å². The van der Waals surface area contributed by atoms with E-state index in [-0.39, 0.29) is 5.91 Å². The summed E-state index contributed by atoms with van der Waals surface area (Å²) < 4.78 is 0. The van der Waals surface area contributed by atoms with Gasteiger partial charge in [0.25, 0.3) is 5.91 Å². The minimum atomic E-state index is -0.640. The Balaban J connectivity index is 1.91. The number of rotatable bonds is 3. The number of hydrogen-bond donors (Lipinski definition) is 0. The molecule has 6 heteroatoms. The maximum atomic E-state index is 12.7. The Kier molecular flexibility index (Phi) is 3.67. The summed E-state index contributed by atoms with van der Waals surface area (Å²) in [5.41, 5.74) is 0.810. The van der Waals surface area contributed by atoms with Crippen molar-refractivity contribution >= 4 is 17.2 Å². The molecule has 0 spiro atoms. The average Bonchev–Trinajstić information content (AvgIpc) is 2.89. The summed E-state index contributed by atoms with van der Waals surface area (Å²) in [5.74, 6) is -0.126. The van der Waals surface area contributed by atoms with Crippen molar-refractivity contribution < 1.29 is 4.79 Å². The van der Waals surface area contributed by atoms with Crippen molar-refractivity contribution in [3.8, 4) is 16.8 Å². The number of pyridine rings is 1. The number of carbonyl (C=O) groups excluding carboxylic acids is 1. The van der Waals surface area contributed by atoms with E-state index in [1.807, 2.05) is 25.1 Å². The fraction of sp³-hybridized carbons (Fsp3) is 0.375. The number of nitrogens with zero attached hydrogens (tertiary/aromatic N) is 4. The average molecular weight is 312 g/mol. The Hall–Kier alpha value is -2.26. The lowest BCUT2D eigenvalue weighted by Crippen LogP contribution is -2.53. The Morgan fingerprint density at radius 2 is 2.23 bits per heavy atom. The molecule has 1 saturated carbocycles. The predicted molar refractivity (Wildman–Crippen MR) is 84.4 cm³/mol. The zero-order chi connectivity index (χ0) is 15.7. The topological polar surface area (TPSA) is 69.9 Å². The van der Waals surface area contributed by atoms with Crippen molar-refractivity contribution in [1.82, 2.24) is 14.9 Å². The van der Waals surface area contributed by atoms with Gasteiger partial charge in [0, 0.05) is 13.2 Å². The van der Waals surface area contributed by atoms with Gasteiger partial charge in [-0.25, -0.2) is 4.98 Å². The molecule has 0 saturated heterocycles. The summed E-state index contributed by atoms with van der Waals surface area (Å²) >= 11 is 1.34. The zero-order valence-electron chi connectivity index (χ0n) is 12.5. The van der Waals surface area contributed by atoms with E-state index in [2.05, 4.69) is 16.0 Å². The number of hydrogen-bond acceptors (Lipinski definition) is 5. The van der Waals surface area contributed by atoms with Gasteiger partial charge in [-0.2, -0.15) is 5.26 Å². The molecule has 0 N–H and O–H groups in total. The van der Waals surface area contributed by atoms with Crippen LogP contribution in [-0.2, 0) is 0 Å². The van der Waals surface area contributed by atoms with Gasteiger partial charge in [0.1, 0.15) is 15.4 Å². The smallest absolute Gasteiger partial charge is 0.266 e. The highest BCUT2D eigenvalue weighted by Crippen LogP contribution is 2.38. The Morgan fingerprint density at radius 3 is 2.77 bits per heavy atom. The molecule has 5 nitrogen and oxygen atoms in total. The molecule has 1 aliphatic rings. The molecular weight excluding hydrogens is 296 g/mol. The van der Waals surface area contributed by atoms with Crippen molar-refractivity contribution in [3.63, 3.8) is 0 Å². The molecule has 0 atom stereocenters. The molecule has 0 radical (unpaired) electrons. The van der Waals surface area contributed by atoms with E-state index in [0.717, 1.165) is 30.0 Å². The van der Waals surface area contributed by atoms with E-state index in [1.165, 1.54) is 11.3 Å². The summed E-state index contributed by atoms with van der Waals surface area (Å²) in [6.45, 7) is 1.82. The van der Waals surface area contributed by atoms with Crippen LogP contribution in [0, 0.1) is 18.3 Å². The molecule has 2 aromatic rings. The number of nitriles is 1. The van der Waals surface area contributed by atoms with Gasteiger partial charge in [0.05, 0.1) is 17.5 Å². The molecule has 0 aromatic carbocycles. The largest absolute Gasteiger partial charge is 0.322 e. The van der Waals surface area contributed by atoms with Gasteiger partial charge in [-0.1, -0.05) is 6.07 Å². The molecule has 1 aliphatic carbocycles. The van der Waals surface area contributed by atoms with Gasteiger partial charge in [-0.3, -0.25) is 9.78 Å². The Morgan fingerprint density at radius 1 is 1.45 bits per heavy atom. The molecule has 22 heavy (non-hydrogen) atoms. The SMILES string of the molecule is Cc1nc(-c2ccccn2)sc1C(=O)N(C)C1(C#N)CCC1. The van der Waals surface area contributed by atoms with Crippen LogP contribution in [0.5, 0.6) is 0 Å². The van der Waals surface area contributed by atoms with Crippen LogP contribution in [0.2, 0.25) is 0 Å². The number of thiazole rings is 1. The van der Waals surface area contributed by atoms with Gasteiger partial charge in [0.15, 0.2) is 0 Å². The number of aryl methyl sites for hydroxylation is 1. The normalized spacial score (nSPS) is 15.7. The van der Waals surface area contributed by atoms with Crippen molar-refractivity contribution in [2.24, 2.45) is 0 Å². The van der Waals surface area contributed by atoms with E-state index in [9.17, 15) is 10.1 Å². The summed E-state index contributed by atoms with van der Waals surface area (Å²) in [6.07, 6.45) is 4.19. The quantitative estimate of drug-likeness (QED) is 0.873. The van der Waals surface area contributed by atoms with Crippen LogP contribution >= 0.6 is 11.3 Å². The van der Waals surface area contributed by atoms with Crippen molar-refractivity contribution in [2.45, 2.75) is 31.7 Å². The summed E-state index contributed by atoms with van der Waals surface area (Å²) in [7, 11) is 1.71. The lowest BCUT2D eigenvalue weighted by Gasteiger charge is -2.42. The maximum absolute atomic E-state index is 12.7. The van der Waals surface area contributed by atoms with Gasteiger partial charge < -0.3 is 4.90 Å². The fourth-order valence-electron chi connectivity index (χ4n) is 2.57. The third kappa shape index (κ3) is 2.28. The van der Waals surface area contributed by atoms with Crippen LogP contribution in [0.15, 0.2) is 24.4 Å². The highest BCUT2D eigenvalue weighted by molar-refractivity contribution is 7.17. The molecule has 0 bridgehead atoms. The standard InChI is InChI=1S/C16H16N4OS/c1-11-13(15(21)20(2)16(10-17)7-5-8-16)22-14(19-11)12-6-3-4-9-18-12/h3-4,6,9H,5,7-8H2,1-2H3. The highest BCUT2D eigenvalue weighted by Gasteiger charge is 2.44. The summed E-state index contributed by atoms with van der Waals surface area (Å²) in [4.78, 5) is 23.6. The monoisotopic (exact) mass is 312 g/mol. The molecule has 0 unspecified atom stereocenters.